The predicted octanol–water partition coefficient (Wildman–Crippen LogP) is 9.84. The summed E-state index contributed by atoms with van der Waals surface area (Å²) in [7, 11) is 0. The van der Waals surface area contributed by atoms with Gasteiger partial charge in [-0.2, -0.15) is 0 Å². The maximum atomic E-state index is 13.0. The second-order valence-electron chi connectivity index (χ2n) is 15.4. The number of urea groups is 2. The molecule has 50 heavy (non-hydrogen) atoms. The Labute approximate surface area is 291 Å². The molecule has 6 aromatic carbocycles. The second-order valence-corrected chi connectivity index (χ2v) is 15.4. The van der Waals surface area contributed by atoms with Crippen molar-refractivity contribution in [2.75, 3.05) is 13.1 Å². The highest BCUT2D eigenvalue weighted by Crippen LogP contribution is 2.64. The van der Waals surface area contributed by atoms with E-state index < -0.39 is 0 Å². The molecule has 0 saturated heterocycles. The summed E-state index contributed by atoms with van der Waals surface area (Å²) in [6, 6.07) is 37.3. The Morgan fingerprint density at radius 2 is 0.920 bits per heavy atom. The smallest absolute Gasteiger partial charge is 0.336 e. The average Bonchev–Trinajstić information content (AvgIpc) is 3.12. The van der Waals surface area contributed by atoms with Crippen LogP contribution in [0.15, 0.2) is 119 Å². The minimum absolute atomic E-state index is 0.0581. The van der Waals surface area contributed by atoms with Gasteiger partial charge < -0.3 is 10.6 Å². The number of fused-ring (bicyclic) bond motifs is 4. The Morgan fingerprint density at radius 3 is 1.34 bits per heavy atom. The summed E-state index contributed by atoms with van der Waals surface area (Å²) >= 11 is 0. The molecule has 0 heterocycles. The molecule has 6 aromatic rings. The van der Waals surface area contributed by atoms with Crippen molar-refractivity contribution >= 4 is 67.6 Å². The molecule has 6 nitrogen and oxygen atoms in total. The Morgan fingerprint density at radius 1 is 0.540 bits per heavy atom. The van der Waals surface area contributed by atoms with E-state index in [0.717, 1.165) is 54.0 Å². The first-order chi connectivity index (χ1) is 24.4. The number of aliphatic imine (C=N–C) groups is 2. The van der Waals surface area contributed by atoms with Crippen molar-refractivity contribution in [3.8, 4) is 0 Å². The zero-order valence-electron chi connectivity index (χ0n) is 28.1. The number of hydrogen-bond acceptors (Lipinski definition) is 2. The maximum absolute atomic E-state index is 13.0. The maximum Gasteiger partial charge on any atom is 0.340 e. The topological polar surface area (TPSA) is 82.9 Å². The fourth-order valence-corrected chi connectivity index (χ4v) is 10.0. The lowest BCUT2D eigenvalue weighted by molar-refractivity contribution is -0.105. The number of nitrogens with zero attached hydrogens (tertiary/aromatic N) is 2. The Bertz CT molecular complexity index is 2200. The van der Waals surface area contributed by atoms with Gasteiger partial charge in [0.15, 0.2) is 0 Å². The highest BCUT2D eigenvalue weighted by atomic mass is 16.2. The molecule has 4 fully saturated rings. The first kappa shape index (κ1) is 30.7. The summed E-state index contributed by atoms with van der Waals surface area (Å²) in [5.74, 6) is 1.28. The summed E-state index contributed by atoms with van der Waals surface area (Å²) in [6.07, 6.45) is 10.2. The van der Waals surface area contributed by atoms with Gasteiger partial charge in [0.2, 0.25) is 0 Å². The number of hydrogen-bond donors (Lipinski definition) is 2. The fraction of sp³-hybridized carbons (Fsp3) is 0.273. The van der Waals surface area contributed by atoms with E-state index in [1.54, 1.807) is 12.4 Å². The molecule has 0 aromatic heterocycles. The monoisotopic (exact) mass is 656 g/mol. The van der Waals surface area contributed by atoms with E-state index in [9.17, 15) is 9.59 Å². The van der Waals surface area contributed by atoms with Gasteiger partial charge in [-0.25, -0.2) is 19.6 Å². The quantitative estimate of drug-likeness (QED) is 0.138. The van der Waals surface area contributed by atoms with E-state index in [-0.39, 0.29) is 22.9 Å². The van der Waals surface area contributed by atoms with E-state index >= 15 is 0 Å². The average molecular weight is 657 g/mol. The van der Waals surface area contributed by atoms with E-state index in [2.05, 4.69) is 118 Å². The van der Waals surface area contributed by atoms with E-state index in [0.29, 0.717) is 24.9 Å². The van der Waals surface area contributed by atoms with Gasteiger partial charge in [-0.3, -0.25) is 0 Å². The number of carbonyl (C=O) groups excluding carboxylic acids is 2. The van der Waals surface area contributed by atoms with Crippen molar-refractivity contribution in [2.45, 2.75) is 38.5 Å². The molecule has 4 aliphatic rings. The highest BCUT2D eigenvalue weighted by Gasteiger charge is 2.57. The Kier molecular flexibility index (Phi) is 7.49. The molecule has 0 spiro atoms. The number of amides is 4. The molecule has 0 atom stereocenters. The number of rotatable bonds is 6. The van der Waals surface area contributed by atoms with Crippen molar-refractivity contribution in [1.29, 1.82) is 0 Å². The van der Waals surface area contributed by atoms with Crippen LogP contribution in [0.3, 0.4) is 0 Å². The SMILES string of the molecule is O=C(/N=C/c1ccc2cc3ccccc3cc2c1)NCC12CC3CC(C1)CC(CNC(=O)/N=C/c1ccc4cc5ccccc5cc4c1)(C3)C2. The third-order valence-electron chi connectivity index (χ3n) is 11.7. The molecule has 4 aliphatic carbocycles. The molecule has 10 rings (SSSR count). The molecule has 4 amide bonds. The van der Waals surface area contributed by atoms with Crippen LogP contribution in [0.5, 0.6) is 0 Å². The third-order valence-corrected chi connectivity index (χ3v) is 11.7. The van der Waals surface area contributed by atoms with Gasteiger partial charge in [0.05, 0.1) is 0 Å². The Balaban J connectivity index is 0.827. The molecular weight excluding hydrogens is 617 g/mol. The van der Waals surface area contributed by atoms with Crippen molar-refractivity contribution in [2.24, 2.45) is 32.7 Å². The first-order valence-electron chi connectivity index (χ1n) is 17.9. The minimum atomic E-state index is -0.294. The van der Waals surface area contributed by atoms with Gasteiger partial charge in [0.25, 0.3) is 0 Å². The molecule has 4 bridgehead atoms. The normalized spacial score (nSPS) is 24.2. The van der Waals surface area contributed by atoms with Gasteiger partial charge in [0, 0.05) is 25.5 Å². The van der Waals surface area contributed by atoms with E-state index in [1.165, 1.54) is 38.7 Å². The van der Waals surface area contributed by atoms with E-state index in [1.807, 2.05) is 12.1 Å². The van der Waals surface area contributed by atoms with Crippen molar-refractivity contribution in [3.63, 3.8) is 0 Å². The first-order valence-corrected chi connectivity index (χ1v) is 17.9. The van der Waals surface area contributed by atoms with Crippen LogP contribution >= 0.6 is 0 Å². The number of carbonyl (C=O) groups is 2. The number of nitrogens with one attached hydrogen (secondary N) is 2. The third kappa shape index (κ3) is 6.04. The summed E-state index contributed by atoms with van der Waals surface area (Å²) in [4.78, 5) is 34.5. The number of benzene rings is 6. The van der Waals surface area contributed by atoms with Crippen molar-refractivity contribution in [1.82, 2.24) is 10.6 Å². The van der Waals surface area contributed by atoms with Crippen molar-refractivity contribution in [3.05, 3.63) is 120 Å². The zero-order valence-corrected chi connectivity index (χ0v) is 28.1. The lowest BCUT2D eigenvalue weighted by atomic mass is 9.44. The van der Waals surface area contributed by atoms with Crippen molar-refractivity contribution < 1.29 is 9.59 Å². The Hall–Kier alpha value is -5.36. The molecule has 0 unspecified atom stereocenters. The lowest BCUT2D eigenvalue weighted by Gasteiger charge is -2.62. The summed E-state index contributed by atoms with van der Waals surface area (Å²) in [5, 5.41) is 15.8. The molecule has 4 saturated carbocycles. The standard InChI is InChI=1S/C44H40N4O2/c49-41(45-24-29-9-11-37-16-33-5-1-3-7-35(33)18-39(37)14-29)47-27-43-20-31-13-32(21-43)23-44(22-31,26-43)28-48-42(50)46-25-30-10-12-38-17-34-6-2-4-8-36(34)19-40(38)15-30/h1-12,14-19,24-25,31-32H,13,20-23,26-28H2,(H,47,49)(H,48,50)/b45-24+,46-25+. The summed E-state index contributed by atoms with van der Waals surface area (Å²) < 4.78 is 0. The lowest BCUT2D eigenvalue weighted by Crippen LogP contribution is -2.58. The molecule has 6 heteroatoms. The van der Waals surface area contributed by atoms with Gasteiger partial charge in [-0.15, -0.1) is 0 Å². The van der Waals surface area contributed by atoms with Crippen LogP contribution in [0, 0.1) is 22.7 Å². The van der Waals surface area contributed by atoms with Gasteiger partial charge in [-0.1, -0.05) is 72.8 Å². The fourth-order valence-electron chi connectivity index (χ4n) is 10.0. The van der Waals surface area contributed by atoms with Crippen LogP contribution in [0.25, 0.3) is 43.1 Å². The molecule has 0 aliphatic heterocycles. The molecule has 2 N–H and O–H groups in total. The van der Waals surface area contributed by atoms with Crippen LogP contribution < -0.4 is 10.6 Å². The van der Waals surface area contributed by atoms with Crippen LogP contribution in [0.1, 0.15) is 49.7 Å². The van der Waals surface area contributed by atoms with Crippen LogP contribution in [0.2, 0.25) is 0 Å². The van der Waals surface area contributed by atoms with Gasteiger partial charge >= 0.3 is 12.1 Å². The summed E-state index contributed by atoms with van der Waals surface area (Å²) in [5.41, 5.74) is 1.93. The van der Waals surface area contributed by atoms with Crippen LogP contribution in [-0.2, 0) is 0 Å². The minimum Gasteiger partial charge on any atom is -0.336 e. The molecular formula is C44H40N4O2. The largest absolute Gasteiger partial charge is 0.340 e. The second kappa shape index (κ2) is 12.2. The zero-order chi connectivity index (χ0) is 33.7. The van der Waals surface area contributed by atoms with Gasteiger partial charge in [0.1, 0.15) is 0 Å². The highest BCUT2D eigenvalue weighted by molar-refractivity contribution is 6.02. The van der Waals surface area contributed by atoms with Gasteiger partial charge in [-0.05, 0) is 152 Å². The summed E-state index contributed by atoms with van der Waals surface area (Å²) in [6.45, 7) is 1.26. The van der Waals surface area contributed by atoms with Crippen LogP contribution in [0.4, 0.5) is 9.59 Å². The van der Waals surface area contributed by atoms with E-state index in [4.69, 9.17) is 0 Å². The molecule has 0 radical (unpaired) electrons. The molecule has 248 valence electrons. The van der Waals surface area contributed by atoms with Crippen LogP contribution in [-0.4, -0.2) is 37.6 Å². The predicted molar refractivity (Wildman–Crippen MR) is 204 cm³/mol.